The normalized spacial score (nSPS) is 19.8. The maximum Gasteiger partial charge on any atom is 0.252 e. The van der Waals surface area contributed by atoms with Crippen molar-refractivity contribution >= 4 is 11.3 Å². The molecule has 0 radical (unpaired) electrons. The van der Waals surface area contributed by atoms with E-state index in [1.807, 2.05) is 18.2 Å². The summed E-state index contributed by atoms with van der Waals surface area (Å²) in [4.78, 5) is 19.2. The van der Waals surface area contributed by atoms with Gasteiger partial charge in [-0.3, -0.25) is 9.69 Å². The molecule has 1 aliphatic heterocycles. The van der Waals surface area contributed by atoms with Gasteiger partial charge in [0.15, 0.2) is 0 Å². The van der Waals surface area contributed by atoms with Crippen LogP contribution in [0.1, 0.15) is 46.6 Å². The van der Waals surface area contributed by atoms with E-state index in [0.29, 0.717) is 6.54 Å². The number of aromatic amines is 1. The van der Waals surface area contributed by atoms with Gasteiger partial charge in [-0.15, -0.1) is 11.3 Å². The lowest BCUT2D eigenvalue weighted by Gasteiger charge is -2.44. The van der Waals surface area contributed by atoms with Crippen LogP contribution in [0.2, 0.25) is 0 Å². The molecule has 1 N–H and O–H groups in total. The molecule has 2 aliphatic rings. The van der Waals surface area contributed by atoms with Gasteiger partial charge >= 0.3 is 0 Å². The number of fused-ring (bicyclic) bond motifs is 2. The van der Waals surface area contributed by atoms with Crippen LogP contribution >= 0.6 is 11.3 Å². The summed E-state index contributed by atoms with van der Waals surface area (Å²) in [5.41, 5.74) is 2.27. The summed E-state index contributed by atoms with van der Waals surface area (Å²) in [5.74, 6) is 0. The minimum atomic E-state index is -2.27. The molecule has 0 unspecified atom stereocenters. The van der Waals surface area contributed by atoms with Crippen molar-refractivity contribution < 1.29 is 8.78 Å². The smallest absolute Gasteiger partial charge is 0.252 e. The van der Waals surface area contributed by atoms with Crippen LogP contribution < -0.4 is 5.56 Å². The third-order valence-corrected chi connectivity index (χ3v) is 7.35. The molecule has 26 heavy (non-hydrogen) atoms. The van der Waals surface area contributed by atoms with Crippen molar-refractivity contribution in [2.24, 2.45) is 0 Å². The fourth-order valence-corrected chi connectivity index (χ4v) is 6.03. The average Bonchev–Trinajstić information content (AvgIpc) is 3.02. The summed E-state index contributed by atoms with van der Waals surface area (Å²) in [6.07, 6.45) is 4.73. The molecule has 1 spiro atoms. The van der Waals surface area contributed by atoms with Gasteiger partial charge in [-0.25, -0.2) is 8.78 Å². The van der Waals surface area contributed by atoms with E-state index in [2.05, 4.69) is 9.88 Å². The fraction of sp³-hybridized carbons (Fsp3) is 0.550. The van der Waals surface area contributed by atoms with E-state index in [4.69, 9.17) is 0 Å². The first-order chi connectivity index (χ1) is 12.6. The number of pyridine rings is 1. The second-order valence-corrected chi connectivity index (χ2v) is 8.73. The molecule has 140 valence electrons. The Morgan fingerprint density at radius 3 is 2.81 bits per heavy atom. The molecule has 1 fully saturated rings. The standard InChI is InChI=1S/C20H24F2N2OS/c21-17(22)12-16-11-14-3-1-5-20(18(14)26-16)6-9-24(10-7-20)13-15-4-2-8-23-19(15)25/h2,4,8,11,17H,1,3,5-7,9-10,12-13H2,(H,23,25). The molecule has 4 rings (SSSR count). The van der Waals surface area contributed by atoms with Crippen LogP contribution in [0.3, 0.4) is 0 Å². The second kappa shape index (κ2) is 7.24. The SMILES string of the molecule is O=c1[nH]cccc1CN1CCC2(CCCc3cc(CC(F)F)sc32)CC1. The molecule has 0 atom stereocenters. The Kier molecular flexibility index (Phi) is 4.97. The zero-order valence-electron chi connectivity index (χ0n) is 14.8. The van der Waals surface area contributed by atoms with Crippen molar-refractivity contribution in [1.29, 1.82) is 0 Å². The highest BCUT2D eigenvalue weighted by Crippen LogP contribution is 2.48. The number of nitrogens with one attached hydrogen (secondary N) is 1. The van der Waals surface area contributed by atoms with Gasteiger partial charge in [0.25, 0.3) is 5.56 Å². The molecular formula is C20H24F2N2OS. The first-order valence-electron chi connectivity index (χ1n) is 9.35. The minimum absolute atomic E-state index is 0.0114. The van der Waals surface area contributed by atoms with E-state index >= 15 is 0 Å². The molecule has 0 aromatic carbocycles. The summed E-state index contributed by atoms with van der Waals surface area (Å²) in [6, 6.07) is 5.78. The monoisotopic (exact) mass is 378 g/mol. The van der Waals surface area contributed by atoms with Crippen molar-refractivity contribution in [2.45, 2.75) is 56.9 Å². The van der Waals surface area contributed by atoms with Gasteiger partial charge in [0, 0.05) is 39.9 Å². The lowest BCUT2D eigenvalue weighted by molar-refractivity contribution is 0.141. The highest BCUT2D eigenvalue weighted by atomic mass is 32.1. The average molecular weight is 378 g/mol. The molecule has 0 bridgehead atoms. The molecule has 0 saturated carbocycles. The Labute approximate surface area is 156 Å². The molecule has 2 aromatic rings. The van der Waals surface area contributed by atoms with Gasteiger partial charge in [-0.2, -0.15) is 0 Å². The zero-order valence-corrected chi connectivity index (χ0v) is 15.6. The number of rotatable bonds is 4. The Morgan fingerprint density at radius 1 is 1.27 bits per heavy atom. The van der Waals surface area contributed by atoms with Crippen molar-refractivity contribution in [2.75, 3.05) is 13.1 Å². The number of aromatic nitrogens is 1. The second-order valence-electron chi connectivity index (χ2n) is 7.60. The van der Waals surface area contributed by atoms with Crippen molar-refractivity contribution in [1.82, 2.24) is 9.88 Å². The highest BCUT2D eigenvalue weighted by molar-refractivity contribution is 7.12. The number of aryl methyl sites for hydroxylation is 1. The van der Waals surface area contributed by atoms with Gasteiger partial charge in [0.1, 0.15) is 0 Å². The number of halogens is 2. The topological polar surface area (TPSA) is 36.1 Å². The van der Waals surface area contributed by atoms with Crippen molar-refractivity contribution in [3.05, 3.63) is 55.6 Å². The van der Waals surface area contributed by atoms with Gasteiger partial charge in [0.2, 0.25) is 6.43 Å². The van der Waals surface area contributed by atoms with E-state index in [-0.39, 0.29) is 17.4 Å². The Balaban J connectivity index is 1.48. The predicted molar refractivity (Wildman–Crippen MR) is 100 cm³/mol. The van der Waals surface area contributed by atoms with E-state index < -0.39 is 6.43 Å². The summed E-state index contributed by atoms with van der Waals surface area (Å²) >= 11 is 1.62. The van der Waals surface area contributed by atoms with E-state index in [1.54, 1.807) is 17.5 Å². The molecule has 3 heterocycles. The summed E-state index contributed by atoms with van der Waals surface area (Å²) < 4.78 is 25.6. The maximum atomic E-state index is 12.8. The van der Waals surface area contributed by atoms with Gasteiger partial charge in [0.05, 0.1) is 0 Å². The molecule has 3 nitrogen and oxygen atoms in total. The molecule has 1 aliphatic carbocycles. The molecule has 2 aromatic heterocycles. The lowest BCUT2D eigenvalue weighted by Crippen LogP contribution is -2.43. The maximum absolute atomic E-state index is 12.8. The largest absolute Gasteiger partial charge is 0.329 e. The minimum Gasteiger partial charge on any atom is -0.329 e. The van der Waals surface area contributed by atoms with E-state index in [0.717, 1.165) is 55.6 Å². The number of piperidine rings is 1. The highest BCUT2D eigenvalue weighted by Gasteiger charge is 2.41. The Hall–Kier alpha value is -1.53. The number of hydrogen-bond acceptors (Lipinski definition) is 3. The number of thiophene rings is 1. The fourth-order valence-electron chi connectivity index (χ4n) is 4.54. The third kappa shape index (κ3) is 3.49. The van der Waals surface area contributed by atoms with E-state index in [9.17, 15) is 13.6 Å². The van der Waals surface area contributed by atoms with Gasteiger partial charge < -0.3 is 4.98 Å². The number of likely N-dealkylation sites (tertiary alicyclic amines) is 1. The molecular weight excluding hydrogens is 354 g/mol. The Bertz CT molecular complexity index is 821. The first-order valence-corrected chi connectivity index (χ1v) is 10.2. The van der Waals surface area contributed by atoms with Crippen molar-refractivity contribution in [3.8, 4) is 0 Å². The van der Waals surface area contributed by atoms with Crippen LogP contribution in [0.15, 0.2) is 29.2 Å². The van der Waals surface area contributed by atoms with Crippen LogP contribution in [-0.2, 0) is 24.8 Å². The van der Waals surface area contributed by atoms with Gasteiger partial charge in [-0.1, -0.05) is 6.07 Å². The number of alkyl halides is 2. The molecule has 1 saturated heterocycles. The van der Waals surface area contributed by atoms with Crippen LogP contribution in [0.5, 0.6) is 0 Å². The third-order valence-electron chi connectivity index (χ3n) is 5.91. The summed E-state index contributed by atoms with van der Waals surface area (Å²) in [6.45, 7) is 2.59. The summed E-state index contributed by atoms with van der Waals surface area (Å²) in [5, 5.41) is 0. The number of H-pyrrole nitrogens is 1. The predicted octanol–water partition coefficient (Wildman–Crippen LogP) is 4.11. The summed E-state index contributed by atoms with van der Waals surface area (Å²) in [7, 11) is 0. The molecule has 6 heteroatoms. The quantitative estimate of drug-likeness (QED) is 0.869. The number of nitrogens with zero attached hydrogens (tertiary/aromatic N) is 1. The van der Waals surface area contributed by atoms with Crippen LogP contribution in [0.25, 0.3) is 0 Å². The van der Waals surface area contributed by atoms with Crippen LogP contribution in [-0.4, -0.2) is 29.4 Å². The zero-order chi connectivity index (χ0) is 18.1. The van der Waals surface area contributed by atoms with E-state index in [1.165, 1.54) is 10.4 Å². The Morgan fingerprint density at radius 2 is 2.08 bits per heavy atom. The van der Waals surface area contributed by atoms with Crippen LogP contribution in [0.4, 0.5) is 8.78 Å². The lowest BCUT2D eigenvalue weighted by atomic mass is 9.69. The number of hydrogen-bond donors (Lipinski definition) is 1. The van der Waals surface area contributed by atoms with Gasteiger partial charge in [-0.05, 0) is 62.9 Å². The van der Waals surface area contributed by atoms with Crippen molar-refractivity contribution in [3.63, 3.8) is 0 Å². The molecule has 0 amide bonds. The first kappa shape index (κ1) is 17.9. The van der Waals surface area contributed by atoms with Crippen LogP contribution in [0, 0.1) is 0 Å².